The monoisotopic (exact) mass is 267 g/mol. The van der Waals surface area contributed by atoms with Crippen LogP contribution < -0.4 is 10.5 Å². The first-order valence-electron chi connectivity index (χ1n) is 6.57. The molecule has 20 heavy (non-hydrogen) atoms. The van der Waals surface area contributed by atoms with E-state index in [1.165, 1.54) is 0 Å². The minimum Gasteiger partial charge on any atom is -0.496 e. The first-order valence-corrected chi connectivity index (χ1v) is 6.57. The van der Waals surface area contributed by atoms with E-state index in [4.69, 9.17) is 14.9 Å². The number of para-hydroxylation sites is 1. The van der Waals surface area contributed by atoms with Gasteiger partial charge in [0.05, 0.1) is 13.2 Å². The molecule has 1 heterocycles. The summed E-state index contributed by atoms with van der Waals surface area (Å²) in [7, 11) is 1.66. The van der Waals surface area contributed by atoms with Gasteiger partial charge in [0, 0.05) is 10.9 Å². The van der Waals surface area contributed by atoms with Gasteiger partial charge in [-0.2, -0.15) is 0 Å². The van der Waals surface area contributed by atoms with Crippen LogP contribution in [0.25, 0.3) is 11.0 Å². The molecule has 102 valence electrons. The molecule has 3 nitrogen and oxygen atoms in total. The van der Waals surface area contributed by atoms with Crippen molar-refractivity contribution in [2.75, 3.05) is 7.11 Å². The van der Waals surface area contributed by atoms with Crippen LogP contribution in [0.2, 0.25) is 0 Å². The van der Waals surface area contributed by atoms with Crippen molar-refractivity contribution in [1.82, 2.24) is 0 Å². The molecule has 3 heteroatoms. The maximum absolute atomic E-state index is 6.33. The van der Waals surface area contributed by atoms with Crippen LogP contribution in [0.5, 0.6) is 5.75 Å². The van der Waals surface area contributed by atoms with Crippen molar-refractivity contribution in [3.05, 3.63) is 65.4 Å². The molecule has 3 rings (SSSR count). The number of benzene rings is 2. The van der Waals surface area contributed by atoms with E-state index in [2.05, 4.69) is 0 Å². The summed E-state index contributed by atoms with van der Waals surface area (Å²) in [6.45, 7) is 2.03. The van der Waals surface area contributed by atoms with Gasteiger partial charge in [-0.1, -0.05) is 30.3 Å². The standard InChI is InChI=1S/C17H17NO2/c1-11-7-8-13(15(9-11)19-2)17(18)16-10-12-5-3-4-6-14(12)20-16/h3-10,17H,18H2,1-2H3. The van der Waals surface area contributed by atoms with Gasteiger partial charge < -0.3 is 14.9 Å². The molecule has 0 fully saturated rings. The minimum absolute atomic E-state index is 0.335. The van der Waals surface area contributed by atoms with Crippen LogP contribution in [0.3, 0.4) is 0 Å². The molecule has 0 amide bonds. The summed E-state index contributed by atoms with van der Waals surface area (Å²) >= 11 is 0. The zero-order valence-corrected chi connectivity index (χ0v) is 11.6. The molecular formula is C17H17NO2. The predicted molar refractivity (Wildman–Crippen MR) is 80.0 cm³/mol. The van der Waals surface area contributed by atoms with Gasteiger partial charge in [0.15, 0.2) is 0 Å². The molecule has 0 aliphatic rings. The van der Waals surface area contributed by atoms with Crippen molar-refractivity contribution >= 4 is 11.0 Å². The Hall–Kier alpha value is -2.26. The van der Waals surface area contributed by atoms with Crippen LogP contribution in [0.15, 0.2) is 52.9 Å². The number of methoxy groups -OCH3 is 1. The summed E-state index contributed by atoms with van der Waals surface area (Å²) < 4.78 is 11.3. The van der Waals surface area contributed by atoms with Crippen molar-refractivity contribution in [2.24, 2.45) is 5.73 Å². The molecule has 0 bridgehead atoms. The van der Waals surface area contributed by atoms with Gasteiger partial charge in [0.1, 0.15) is 17.1 Å². The second-order valence-electron chi connectivity index (χ2n) is 4.91. The van der Waals surface area contributed by atoms with E-state index in [-0.39, 0.29) is 6.04 Å². The molecule has 0 aliphatic heterocycles. The molecule has 1 unspecified atom stereocenters. The Morgan fingerprint density at radius 2 is 1.90 bits per heavy atom. The molecule has 0 aliphatic carbocycles. The van der Waals surface area contributed by atoms with Crippen molar-refractivity contribution in [3.8, 4) is 5.75 Å². The maximum atomic E-state index is 6.33. The van der Waals surface area contributed by atoms with Crippen molar-refractivity contribution in [3.63, 3.8) is 0 Å². The lowest BCUT2D eigenvalue weighted by molar-refractivity contribution is 0.404. The lowest BCUT2D eigenvalue weighted by Crippen LogP contribution is -2.12. The lowest BCUT2D eigenvalue weighted by atomic mass is 10.0. The van der Waals surface area contributed by atoms with Gasteiger partial charge >= 0.3 is 0 Å². The molecule has 1 atom stereocenters. The maximum Gasteiger partial charge on any atom is 0.134 e. The first-order chi connectivity index (χ1) is 9.69. The van der Waals surface area contributed by atoms with Gasteiger partial charge in [0.2, 0.25) is 0 Å². The molecule has 0 saturated heterocycles. The van der Waals surface area contributed by atoms with E-state index in [0.717, 1.165) is 33.6 Å². The number of hydrogen-bond acceptors (Lipinski definition) is 3. The second-order valence-corrected chi connectivity index (χ2v) is 4.91. The highest BCUT2D eigenvalue weighted by molar-refractivity contribution is 5.78. The van der Waals surface area contributed by atoms with Gasteiger partial charge in [0.25, 0.3) is 0 Å². The van der Waals surface area contributed by atoms with Gasteiger partial charge in [-0.05, 0) is 30.7 Å². The summed E-state index contributed by atoms with van der Waals surface area (Å²) in [5, 5.41) is 1.06. The Labute approximate surface area is 118 Å². The zero-order valence-electron chi connectivity index (χ0n) is 11.6. The topological polar surface area (TPSA) is 48.4 Å². The molecule has 0 saturated carbocycles. The quantitative estimate of drug-likeness (QED) is 0.785. The normalized spacial score (nSPS) is 12.6. The molecule has 1 aromatic heterocycles. The highest BCUT2D eigenvalue weighted by Crippen LogP contribution is 2.32. The third-order valence-electron chi connectivity index (χ3n) is 3.48. The Morgan fingerprint density at radius 3 is 2.65 bits per heavy atom. The number of nitrogens with two attached hydrogens (primary N) is 1. The van der Waals surface area contributed by atoms with E-state index >= 15 is 0 Å². The Bertz CT molecular complexity index is 713. The fraction of sp³-hybridized carbons (Fsp3) is 0.176. The number of aryl methyl sites for hydroxylation is 1. The van der Waals surface area contributed by atoms with E-state index in [1.807, 2.05) is 55.5 Å². The van der Waals surface area contributed by atoms with Crippen LogP contribution in [0.4, 0.5) is 0 Å². The number of hydrogen-bond donors (Lipinski definition) is 1. The van der Waals surface area contributed by atoms with Crippen molar-refractivity contribution < 1.29 is 9.15 Å². The molecule has 0 radical (unpaired) electrons. The third kappa shape index (κ3) is 2.17. The number of fused-ring (bicyclic) bond motifs is 1. The largest absolute Gasteiger partial charge is 0.496 e. The van der Waals surface area contributed by atoms with E-state index in [0.29, 0.717) is 0 Å². The Morgan fingerprint density at radius 1 is 1.10 bits per heavy atom. The summed E-state index contributed by atoms with van der Waals surface area (Å²) in [5.41, 5.74) is 9.25. The van der Waals surface area contributed by atoms with Crippen LogP contribution in [-0.2, 0) is 0 Å². The average molecular weight is 267 g/mol. The van der Waals surface area contributed by atoms with E-state index < -0.39 is 0 Å². The van der Waals surface area contributed by atoms with Gasteiger partial charge in [-0.25, -0.2) is 0 Å². The van der Waals surface area contributed by atoms with E-state index in [1.54, 1.807) is 7.11 Å². The fourth-order valence-electron chi connectivity index (χ4n) is 2.38. The van der Waals surface area contributed by atoms with Crippen LogP contribution in [0, 0.1) is 6.92 Å². The summed E-state index contributed by atoms with van der Waals surface area (Å²) in [4.78, 5) is 0. The van der Waals surface area contributed by atoms with Gasteiger partial charge in [-0.3, -0.25) is 0 Å². The Kier molecular flexibility index (Phi) is 3.20. The SMILES string of the molecule is COc1cc(C)ccc1C(N)c1cc2ccccc2o1. The molecule has 0 spiro atoms. The summed E-state index contributed by atoms with van der Waals surface area (Å²) in [5.74, 6) is 1.53. The number of rotatable bonds is 3. The Balaban J connectivity index is 2.05. The zero-order chi connectivity index (χ0) is 14.1. The first kappa shape index (κ1) is 12.8. The molecule has 2 aromatic carbocycles. The van der Waals surface area contributed by atoms with Crippen molar-refractivity contribution in [2.45, 2.75) is 13.0 Å². The summed E-state index contributed by atoms with van der Waals surface area (Å²) in [6.07, 6.45) is 0. The fourth-order valence-corrected chi connectivity index (χ4v) is 2.38. The van der Waals surface area contributed by atoms with Crippen LogP contribution in [0.1, 0.15) is 22.9 Å². The van der Waals surface area contributed by atoms with E-state index in [9.17, 15) is 0 Å². The lowest BCUT2D eigenvalue weighted by Gasteiger charge is -2.14. The van der Waals surface area contributed by atoms with Crippen LogP contribution >= 0.6 is 0 Å². The van der Waals surface area contributed by atoms with Gasteiger partial charge in [-0.15, -0.1) is 0 Å². The van der Waals surface area contributed by atoms with Crippen LogP contribution in [-0.4, -0.2) is 7.11 Å². The smallest absolute Gasteiger partial charge is 0.134 e. The molecular weight excluding hydrogens is 250 g/mol. The predicted octanol–water partition coefficient (Wildman–Crippen LogP) is 3.80. The number of ether oxygens (including phenoxy) is 1. The second kappa shape index (κ2) is 5.02. The molecule has 2 N–H and O–H groups in total. The minimum atomic E-state index is -0.335. The highest BCUT2D eigenvalue weighted by Gasteiger charge is 2.18. The third-order valence-corrected chi connectivity index (χ3v) is 3.48. The molecule has 3 aromatic rings. The van der Waals surface area contributed by atoms with Crippen molar-refractivity contribution in [1.29, 1.82) is 0 Å². The average Bonchev–Trinajstić information content (AvgIpc) is 2.90. The number of furan rings is 1. The highest BCUT2D eigenvalue weighted by atomic mass is 16.5. The summed E-state index contributed by atoms with van der Waals surface area (Å²) in [6, 6.07) is 15.5.